The van der Waals surface area contributed by atoms with Crippen LogP contribution in [0.15, 0.2) is 59.5 Å². The smallest absolute Gasteiger partial charge is 0.244 e. The van der Waals surface area contributed by atoms with Crippen molar-refractivity contribution in [2.24, 2.45) is 11.3 Å². The van der Waals surface area contributed by atoms with Crippen molar-refractivity contribution in [3.05, 3.63) is 65.2 Å². The number of nitrogens with zero attached hydrogens (tertiary/aromatic N) is 1. The quantitative estimate of drug-likeness (QED) is 0.681. The van der Waals surface area contributed by atoms with Crippen LogP contribution in [0.25, 0.3) is 0 Å². The van der Waals surface area contributed by atoms with Crippen LogP contribution in [-0.2, 0) is 21.2 Å². The van der Waals surface area contributed by atoms with Crippen molar-refractivity contribution in [1.82, 2.24) is 9.62 Å². The van der Waals surface area contributed by atoms with Crippen LogP contribution in [0.4, 0.5) is 0 Å². The van der Waals surface area contributed by atoms with E-state index in [9.17, 15) is 13.2 Å². The fraction of sp³-hybridized carbons (Fsp3) is 0.409. The van der Waals surface area contributed by atoms with E-state index < -0.39 is 10.0 Å². The van der Waals surface area contributed by atoms with Crippen molar-refractivity contribution in [1.29, 1.82) is 0 Å². The SMILES string of the molecule is O=C(NCCCc1ccccc1)C1CCC12CN(S(=O)(=O)c1ccccc1Cl)C2. The van der Waals surface area contributed by atoms with Gasteiger partial charge in [0.1, 0.15) is 4.90 Å². The minimum atomic E-state index is -3.61. The van der Waals surface area contributed by atoms with Gasteiger partial charge < -0.3 is 5.32 Å². The summed E-state index contributed by atoms with van der Waals surface area (Å²) in [5, 5.41) is 3.28. The van der Waals surface area contributed by atoms with Gasteiger partial charge in [-0.3, -0.25) is 4.79 Å². The van der Waals surface area contributed by atoms with Crippen LogP contribution in [0.3, 0.4) is 0 Å². The van der Waals surface area contributed by atoms with Crippen molar-refractivity contribution in [3.63, 3.8) is 0 Å². The first kappa shape index (κ1) is 20.4. The van der Waals surface area contributed by atoms with E-state index in [2.05, 4.69) is 17.4 Å². The molecule has 0 bridgehead atoms. The molecule has 2 aromatic carbocycles. The Hall–Kier alpha value is -1.89. The molecule has 4 rings (SSSR count). The molecule has 2 aromatic rings. The molecule has 2 fully saturated rings. The summed E-state index contributed by atoms with van der Waals surface area (Å²) in [7, 11) is -3.61. The van der Waals surface area contributed by atoms with Crippen molar-refractivity contribution in [2.75, 3.05) is 19.6 Å². The van der Waals surface area contributed by atoms with Crippen LogP contribution >= 0.6 is 11.6 Å². The van der Waals surface area contributed by atoms with Crippen LogP contribution in [0.5, 0.6) is 0 Å². The summed E-state index contributed by atoms with van der Waals surface area (Å²) in [5.74, 6) is -0.0453. The number of amides is 1. The monoisotopic (exact) mass is 432 g/mol. The maximum Gasteiger partial charge on any atom is 0.244 e. The molecule has 0 radical (unpaired) electrons. The zero-order valence-corrected chi connectivity index (χ0v) is 17.8. The second-order valence-corrected chi connectivity index (χ2v) is 10.4. The number of hydrogen-bond acceptors (Lipinski definition) is 3. The maximum absolute atomic E-state index is 12.8. The molecule has 1 aliphatic heterocycles. The zero-order chi connectivity index (χ0) is 20.5. The van der Waals surface area contributed by atoms with Crippen molar-refractivity contribution in [3.8, 4) is 0 Å². The van der Waals surface area contributed by atoms with Gasteiger partial charge in [-0.1, -0.05) is 54.1 Å². The van der Waals surface area contributed by atoms with Crippen LogP contribution in [-0.4, -0.2) is 38.3 Å². The summed E-state index contributed by atoms with van der Waals surface area (Å²) in [4.78, 5) is 12.8. The second-order valence-electron chi connectivity index (χ2n) is 8.04. The highest BCUT2D eigenvalue weighted by Gasteiger charge is 2.60. The number of carbonyl (C=O) groups excluding carboxylic acids is 1. The Morgan fingerprint density at radius 3 is 2.45 bits per heavy atom. The Labute approximate surface area is 177 Å². The Balaban J connectivity index is 1.29. The highest BCUT2D eigenvalue weighted by atomic mass is 35.5. The lowest BCUT2D eigenvalue weighted by Crippen LogP contribution is -2.68. The molecule has 1 N–H and O–H groups in total. The summed E-state index contributed by atoms with van der Waals surface area (Å²) in [6, 6.07) is 16.7. The van der Waals surface area contributed by atoms with E-state index in [1.807, 2.05) is 18.2 Å². The minimum Gasteiger partial charge on any atom is -0.356 e. The Kier molecular flexibility index (Phi) is 5.69. The molecule has 1 aliphatic carbocycles. The molecule has 1 saturated heterocycles. The summed E-state index contributed by atoms with van der Waals surface area (Å²) >= 11 is 6.08. The predicted octanol–water partition coefficient (Wildman–Crippen LogP) is 3.49. The molecule has 154 valence electrons. The number of carbonyl (C=O) groups is 1. The zero-order valence-electron chi connectivity index (χ0n) is 16.2. The molecule has 7 heteroatoms. The molecule has 1 heterocycles. The van der Waals surface area contributed by atoms with E-state index in [1.165, 1.54) is 15.9 Å². The highest BCUT2D eigenvalue weighted by molar-refractivity contribution is 7.89. The van der Waals surface area contributed by atoms with Gasteiger partial charge in [-0.25, -0.2) is 8.42 Å². The van der Waals surface area contributed by atoms with E-state index in [1.54, 1.807) is 18.2 Å². The number of rotatable bonds is 7. The van der Waals surface area contributed by atoms with Gasteiger partial charge in [0.15, 0.2) is 0 Å². The van der Waals surface area contributed by atoms with Gasteiger partial charge in [0.25, 0.3) is 0 Å². The van der Waals surface area contributed by atoms with Gasteiger partial charge in [-0.15, -0.1) is 0 Å². The summed E-state index contributed by atoms with van der Waals surface area (Å²) in [6.07, 6.45) is 3.54. The molecule has 1 saturated carbocycles. The van der Waals surface area contributed by atoms with Gasteiger partial charge in [0.2, 0.25) is 15.9 Å². The van der Waals surface area contributed by atoms with Crippen molar-refractivity contribution < 1.29 is 13.2 Å². The fourth-order valence-electron chi connectivity index (χ4n) is 4.38. The first-order valence-electron chi connectivity index (χ1n) is 9.99. The third kappa shape index (κ3) is 3.93. The van der Waals surface area contributed by atoms with E-state index in [4.69, 9.17) is 11.6 Å². The number of benzene rings is 2. The highest BCUT2D eigenvalue weighted by Crippen LogP contribution is 2.54. The van der Waals surface area contributed by atoms with Crippen LogP contribution < -0.4 is 5.32 Å². The van der Waals surface area contributed by atoms with Gasteiger partial charge >= 0.3 is 0 Å². The van der Waals surface area contributed by atoms with Gasteiger partial charge in [0, 0.05) is 31.0 Å². The summed E-state index contributed by atoms with van der Waals surface area (Å²) in [6.45, 7) is 1.42. The van der Waals surface area contributed by atoms with Gasteiger partial charge in [-0.2, -0.15) is 4.31 Å². The van der Waals surface area contributed by atoms with Crippen molar-refractivity contribution >= 4 is 27.5 Å². The van der Waals surface area contributed by atoms with Crippen LogP contribution in [0, 0.1) is 11.3 Å². The first-order valence-corrected chi connectivity index (χ1v) is 11.8. The Morgan fingerprint density at radius 1 is 1.10 bits per heavy atom. The van der Waals surface area contributed by atoms with E-state index in [0.29, 0.717) is 19.6 Å². The number of sulfonamides is 1. The van der Waals surface area contributed by atoms with Crippen LogP contribution in [0.2, 0.25) is 5.02 Å². The summed E-state index contributed by atoms with van der Waals surface area (Å²) < 4.78 is 27.1. The average Bonchev–Trinajstić information content (AvgIpc) is 2.64. The molecular weight excluding hydrogens is 408 g/mol. The molecule has 5 nitrogen and oxygen atoms in total. The van der Waals surface area contributed by atoms with E-state index >= 15 is 0 Å². The molecule has 1 unspecified atom stereocenters. The fourth-order valence-corrected chi connectivity index (χ4v) is 6.50. The largest absolute Gasteiger partial charge is 0.356 e. The molecule has 1 amide bonds. The van der Waals surface area contributed by atoms with Gasteiger partial charge in [-0.05, 0) is 43.4 Å². The average molecular weight is 433 g/mol. The number of hydrogen-bond donors (Lipinski definition) is 1. The summed E-state index contributed by atoms with van der Waals surface area (Å²) in [5.41, 5.74) is 1.05. The third-order valence-electron chi connectivity index (χ3n) is 6.21. The molecule has 2 aliphatic rings. The third-order valence-corrected chi connectivity index (χ3v) is 8.50. The Bertz CT molecular complexity index is 988. The van der Waals surface area contributed by atoms with Gasteiger partial charge in [0.05, 0.1) is 5.02 Å². The maximum atomic E-state index is 12.8. The minimum absolute atomic E-state index is 0.0547. The van der Waals surface area contributed by atoms with Crippen molar-refractivity contribution in [2.45, 2.75) is 30.6 Å². The lowest BCUT2D eigenvalue weighted by molar-refractivity contribution is -0.146. The predicted molar refractivity (Wildman–Crippen MR) is 113 cm³/mol. The number of aryl methyl sites for hydroxylation is 1. The standard InChI is InChI=1S/C22H25ClN2O3S/c23-19-10-4-5-11-20(19)29(27,28)25-15-22(16-25)13-12-18(22)21(26)24-14-6-9-17-7-2-1-3-8-17/h1-5,7-8,10-11,18H,6,9,12-16H2,(H,24,26). The normalized spacial score (nSPS) is 20.7. The molecule has 1 spiro atoms. The topological polar surface area (TPSA) is 66.5 Å². The lowest BCUT2D eigenvalue weighted by atomic mass is 9.56. The first-order chi connectivity index (χ1) is 13.9. The van der Waals surface area contributed by atoms with E-state index in [0.717, 1.165) is 25.7 Å². The number of nitrogens with one attached hydrogen (secondary N) is 1. The molecule has 29 heavy (non-hydrogen) atoms. The molecule has 1 atom stereocenters. The molecular formula is C22H25ClN2O3S. The lowest BCUT2D eigenvalue weighted by Gasteiger charge is -2.59. The number of halogens is 1. The molecule has 0 aromatic heterocycles. The van der Waals surface area contributed by atoms with E-state index in [-0.39, 0.29) is 27.2 Å². The van der Waals surface area contributed by atoms with Crippen LogP contribution in [0.1, 0.15) is 24.8 Å². The Morgan fingerprint density at radius 2 is 1.79 bits per heavy atom. The second kappa shape index (κ2) is 8.09.